The van der Waals surface area contributed by atoms with Crippen LogP contribution in [0.25, 0.3) is 11.1 Å². The molecular formula is C21H21Cl2NO2. The normalized spacial score (nSPS) is 12.0. The molecule has 3 aromatic rings. The Morgan fingerprint density at radius 2 is 1.58 bits per heavy atom. The molecule has 0 saturated carbocycles. The van der Waals surface area contributed by atoms with Gasteiger partial charge in [-0.25, -0.2) is 0 Å². The number of hydrogen-bond donors (Lipinski definition) is 0. The predicted octanol–water partition coefficient (Wildman–Crippen LogP) is 6.32. The van der Waals surface area contributed by atoms with E-state index in [2.05, 4.69) is 0 Å². The van der Waals surface area contributed by atoms with Crippen molar-refractivity contribution in [3.8, 4) is 11.1 Å². The first-order valence-electron chi connectivity index (χ1n) is 8.50. The summed E-state index contributed by atoms with van der Waals surface area (Å²) in [5.41, 5.74) is 1.34. The molecule has 0 amide bonds. The molecule has 1 aromatic heterocycles. The summed E-state index contributed by atoms with van der Waals surface area (Å²) in [5.74, 6) is 0.736. The molecule has 2 aromatic carbocycles. The van der Waals surface area contributed by atoms with Gasteiger partial charge in [0.1, 0.15) is 11.3 Å². The maximum Gasteiger partial charge on any atom is 0.291 e. The van der Waals surface area contributed by atoms with Crippen LogP contribution in [0.3, 0.4) is 0 Å². The average molecular weight is 390 g/mol. The predicted molar refractivity (Wildman–Crippen MR) is 107 cm³/mol. The molecule has 0 aliphatic heterocycles. The van der Waals surface area contributed by atoms with Crippen molar-refractivity contribution in [2.45, 2.75) is 39.2 Å². The van der Waals surface area contributed by atoms with E-state index >= 15 is 0 Å². The highest BCUT2D eigenvalue weighted by atomic mass is 35.5. The van der Waals surface area contributed by atoms with Gasteiger partial charge in [-0.1, -0.05) is 67.4 Å². The second-order valence-electron chi connectivity index (χ2n) is 7.17. The molecule has 5 heteroatoms. The zero-order valence-electron chi connectivity index (χ0n) is 15.2. The highest BCUT2D eigenvalue weighted by Gasteiger charge is 2.32. The first-order chi connectivity index (χ1) is 12.2. The van der Waals surface area contributed by atoms with E-state index in [-0.39, 0.29) is 11.5 Å². The van der Waals surface area contributed by atoms with Gasteiger partial charge in [-0.15, -0.1) is 0 Å². The second kappa shape index (κ2) is 6.98. The van der Waals surface area contributed by atoms with E-state index in [0.29, 0.717) is 21.4 Å². The number of hydrogen-bond acceptors (Lipinski definition) is 2. The summed E-state index contributed by atoms with van der Waals surface area (Å²) in [4.78, 5) is 13.3. The monoisotopic (exact) mass is 389 g/mol. The summed E-state index contributed by atoms with van der Waals surface area (Å²) in [5, 5.41) is 1.04. The molecule has 0 aliphatic rings. The van der Waals surface area contributed by atoms with Crippen LogP contribution < -0.4 is 5.56 Å². The Kier molecular flexibility index (Phi) is 5.05. The summed E-state index contributed by atoms with van der Waals surface area (Å²) >= 11 is 12.3. The van der Waals surface area contributed by atoms with Gasteiger partial charge in [0.25, 0.3) is 5.56 Å². The van der Waals surface area contributed by atoms with Crippen molar-refractivity contribution in [2.24, 2.45) is 0 Å². The van der Waals surface area contributed by atoms with Crippen molar-refractivity contribution in [1.29, 1.82) is 0 Å². The molecule has 3 nitrogen and oxygen atoms in total. The average Bonchev–Trinajstić information content (AvgIpc) is 2.93. The van der Waals surface area contributed by atoms with Crippen molar-refractivity contribution >= 4 is 23.2 Å². The fourth-order valence-electron chi connectivity index (χ4n) is 3.05. The third-order valence-electron chi connectivity index (χ3n) is 4.50. The Morgan fingerprint density at radius 1 is 1.00 bits per heavy atom. The lowest BCUT2D eigenvalue weighted by Gasteiger charge is -2.25. The first-order valence-corrected chi connectivity index (χ1v) is 9.26. The fraction of sp³-hybridized carbons (Fsp3) is 0.286. The molecule has 0 unspecified atom stereocenters. The lowest BCUT2D eigenvalue weighted by molar-refractivity contribution is 0.159. The minimum atomic E-state index is -0.748. The molecule has 0 saturated heterocycles. The molecule has 0 radical (unpaired) electrons. The smallest absolute Gasteiger partial charge is 0.291 e. The molecule has 1 heterocycles. The Balaban J connectivity index is 2.24. The molecule has 0 spiro atoms. The van der Waals surface area contributed by atoms with Crippen LogP contribution in [0.15, 0.2) is 57.8 Å². The summed E-state index contributed by atoms with van der Waals surface area (Å²) < 4.78 is 7.50. The number of aromatic nitrogens is 1. The van der Waals surface area contributed by atoms with Gasteiger partial charge in [0.15, 0.2) is 0 Å². The molecule has 136 valence electrons. The van der Waals surface area contributed by atoms with Crippen LogP contribution in [0.1, 0.15) is 44.9 Å². The number of rotatable bonds is 4. The van der Waals surface area contributed by atoms with Crippen LogP contribution in [0.2, 0.25) is 10.0 Å². The van der Waals surface area contributed by atoms with E-state index in [1.165, 1.54) is 4.74 Å². The van der Waals surface area contributed by atoms with Crippen LogP contribution in [-0.4, -0.2) is 4.74 Å². The summed E-state index contributed by atoms with van der Waals surface area (Å²) in [6, 6.07) is 14.9. The van der Waals surface area contributed by atoms with Crippen molar-refractivity contribution in [3.63, 3.8) is 0 Å². The van der Waals surface area contributed by atoms with Crippen LogP contribution in [0, 0.1) is 0 Å². The zero-order chi connectivity index (χ0) is 19.1. The number of halogens is 2. The van der Waals surface area contributed by atoms with Gasteiger partial charge in [0.2, 0.25) is 0 Å². The van der Waals surface area contributed by atoms with Gasteiger partial charge in [-0.05, 0) is 43.2 Å². The van der Waals surface area contributed by atoms with E-state index in [4.69, 9.17) is 27.7 Å². The molecule has 0 fully saturated rings. The minimum Gasteiger partial charge on any atom is -0.379 e. The van der Waals surface area contributed by atoms with Gasteiger partial charge in [0, 0.05) is 16.0 Å². The Morgan fingerprint density at radius 3 is 2.12 bits per heavy atom. The Hall–Kier alpha value is -1.97. The van der Waals surface area contributed by atoms with E-state index in [9.17, 15) is 4.79 Å². The fourth-order valence-corrected chi connectivity index (χ4v) is 3.58. The maximum absolute atomic E-state index is 13.3. The highest BCUT2D eigenvalue weighted by Crippen LogP contribution is 2.33. The Labute approximate surface area is 163 Å². The van der Waals surface area contributed by atoms with Crippen LogP contribution in [0.4, 0.5) is 0 Å². The Bertz CT molecular complexity index is 965. The molecule has 0 bridgehead atoms. The van der Waals surface area contributed by atoms with Gasteiger partial charge < -0.3 is 4.52 Å². The van der Waals surface area contributed by atoms with E-state index in [0.717, 1.165) is 11.1 Å². The summed E-state index contributed by atoms with van der Waals surface area (Å²) in [6.07, 6.45) is 0. The van der Waals surface area contributed by atoms with Crippen molar-refractivity contribution in [2.75, 3.05) is 0 Å². The molecular weight excluding hydrogens is 369 g/mol. The molecule has 26 heavy (non-hydrogen) atoms. The molecule has 3 rings (SSSR count). The van der Waals surface area contributed by atoms with Crippen LogP contribution >= 0.6 is 23.2 Å². The largest absolute Gasteiger partial charge is 0.379 e. The standard InChI is InChI=1S/C21H21Cl2NO2/c1-13(2)19-18(14-8-6-5-7-9-14)20(25)24(26-19)21(3,4)15-10-16(22)12-17(23)11-15/h5-13H,1-4H3. The van der Waals surface area contributed by atoms with Crippen LogP contribution in [0.5, 0.6) is 0 Å². The molecule has 0 N–H and O–H groups in total. The van der Waals surface area contributed by atoms with E-state index in [1.807, 2.05) is 58.0 Å². The first kappa shape index (κ1) is 18.8. The third-order valence-corrected chi connectivity index (χ3v) is 4.93. The third kappa shape index (κ3) is 3.34. The molecule has 0 atom stereocenters. The van der Waals surface area contributed by atoms with Crippen molar-refractivity contribution in [3.05, 3.63) is 80.3 Å². The van der Waals surface area contributed by atoms with E-state index in [1.54, 1.807) is 18.2 Å². The lowest BCUT2D eigenvalue weighted by atomic mass is 9.94. The van der Waals surface area contributed by atoms with Gasteiger partial charge in [0.05, 0.1) is 5.56 Å². The summed E-state index contributed by atoms with van der Waals surface area (Å²) in [6.45, 7) is 7.86. The van der Waals surface area contributed by atoms with E-state index < -0.39 is 5.54 Å². The minimum absolute atomic E-state index is 0.0675. The molecule has 0 aliphatic carbocycles. The van der Waals surface area contributed by atoms with Crippen molar-refractivity contribution in [1.82, 2.24) is 4.74 Å². The number of benzene rings is 2. The number of nitrogens with zero attached hydrogens (tertiary/aromatic N) is 1. The SMILES string of the molecule is CC(C)c1on(C(C)(C)c2cc(Cl)cc(Cl)c2)c(=O)c1-c1ccccc1. The topological polar surface area (TPSA) is 35.1 Å². The van der Waals surface area contributed by atoms with Gasteiger partial charge >= 0.3 is 0 Å². The summed E-state index contributed by atoms with van der Waals surface area (Å²) in [7, 11) is 0. The van der Waals surface area contributed by atoms with Crippen molar-refractivity contribution < 1.29 is 4.52 Å². The van der Waals surface area contributed by atoms with Gasteiger partial charge in [-0.2, -0.15) is 4.74 Å². The quantitative estimate of drug-likeness (QED) is 0.522. The lowest BCUT2D eigenvalue weighted by Crippen LogP contribution is -2.35. The van der Waals surface area contributed by atoms with Gasteiger partial charge in [-0.3, -0.25) is 4.79 Å². The highest BCUT2D eigenvalue weighted by molar-refractivity contribution is 6.34. The zero-order valence-corrected chi connectivity index (χ0v) is 16.7. The van der Waals surface area contributed by atoms with Crippen LogP contribution in [-0.2, 0) is 5.54 Å². The maximum atomic E-state index is 13.3. The second-order valence-corrected chi connectivity index (χ2v) is 8.04.